The van der Waals surface area contributed by atoms with E-state index in [9.17, 15) is 19.3 Å². The van der Waals surface area contributed by atoms with Gasteiger partial charge < -0.3 is 20.0 Å². The first kappa shape index (κ1) is 21.4. The van der Waals surface area contributed by atoms with Crippen LogP contribution in [0.25, 0.3) is 0 Å². The Morgan fingerprint density at radius 2 is 1.97 bits per heavy atom. The molecule has 0 spiro atoms. The highest BCUT2D eigenvalue weighted by atomic mass is 79.9. The molecule has 0 saturated carbocycles. The second-order valence-corrected chi connectivity index (χ2v) is 7.65. The fraction of sp³-hybridized carbons (Fsp3) is 0.158. The summed E-state index contributed by atoms with van der Waals surface area (Å²) in [6.45, 7) is 2.07. The third-order valence-electron chi connectivity index (χ3n) is 4.54. The van der Waals surface area contributed by atoms with Crippen molar-refractivity contribution < 1.29 is 18.6 Å². The molecule has 164 valence electrons. The molecule has 3 heterocycles. The van der Waals surface area contributed by atoms with Crippen LogP contribution in [0.15, 0.2) is 51.7 Å². The lowest BCUT2D eigenvalue weighted by Crippen LogP contribution is -2.17. The van der Waals surface area contributed by atoms with Crippen molar-refractivity contribution in [2.45, 2.75) is 20.0 Å². The number of amides is 1. The summed E-state index contributed by atoms with van der Waals surface area (Å²) in [5.74, 6) is -0.550. The zero-order chi connectivity index (χ0) is 22.8. The topological polar surface area (TPSA) is 134 Å². The van der Waals surface area contributed by atoms with E-state index < -0.39 is 10.8 Å². The Morgan fingerprint density at radius 1 is 1.22 bits per heavy atom. The normalized spacial score (nSPS) is 11.0. The van der Waals surface area contributed by atoms with Gasteiger partial charge >= 0.3 is 5.82 Å². The quantitative estimate of drug-likeness (QED) is 0.301. The van der Waals surface area contributed by atoms with Crippen LogP contribution in [0.5, 0.6) is 0 Å². The smallest absolute Gasteiger partial charge is 0.361 e. The van der Waals surface area contributed by atoms with Crippen LogP contribution in [0.1, 0.15) is 27.4 Å². The summed E-state index contributed by atoms with van der Waals surface area (Å²) in [5, 5.41) is 25.5. The molecule has 4 aromatic rings. The number of carbonyl (C=O) groups is 1. The average molecular weight is 504 g/mol. The molecular formula is C19H15BrFN7O4. The molecule has 0 aliphatic heterocycles. The summed E-state index contributed by atoms with van der Waals surface area (Å²) < 4.78 is 21.7. The molecule has 4 rings (SSSR count). The van der Waals surface area contributed by atoms with Crippen LogP contribution in [0.2, 0.25) is 0 Å². The number of nitrogens with zero attached hydrogens (tertiary/aromatic N) is 6. The van der Waals surface area contributed by atoms with Crippen molar-refractivity contribution in [1.82, 2.24) is 24.7 Å². The summed E-state index contributed by atoms with van der Waals surface area (Å²) >= 11 is 3.36. The standard InChI is InChI=1S/C19H15BrFN7O4/c1-11-14(9-26-7-6-16(23-26)28(30)31)17(25-32-11)19(29)22-18-15(20)10-27(24-18)8-12-2-4-13(21)5-3-12/h2-7,10H,8-9H2,1H3,(H,22,24,29). The van der Waals surface area contributed by atoms with Crippen molar-refractivity contribution in [2.75, 3.05) is 5.32 Å². The highest BCUT2D eigenvalue weighted by molar-refractivity contribution is 9.10. The van der Waals surface area contributed by atoms with Gasteiger partial charge in [0.15, 0.2) is 11.5 Å². The van der Waals surface area contributed by atoms with Crippen molar-refractivity contribution in [3.8, 4) is 0 Å². The number of nitrogens with one attached hydrogen (secondary N) is 1. The Kier molecular flexibility index (Phi) is 5.81. The van der Waals surface area contributed by atoms with Crippen molar-refractivity contribution >= 4 is 33.5 Å². The summed E-state index contributed by atoms with van der Waals surface area (Å²) in [4.78, 5) is 23.1. The molecule has 32 heavy (non-hydrogen) atoms. The molecule has 0 unspecified atom stereocenters. The van der Waals surface area contributed by atoms with Gasteiger partial charge in [0.1, 0.15) is 11.6 Å². The third-order valence-corrected chi connectivity index (χ3v) is 5.12. The number of benzene rings is 1. The lowest BCUT2D eigenvalue weighted by atomic mass is 10.2. The van der Waals surface area contributed by atoms with Crippen LogP contribution < -0.4 is 5.32 Å². The van der Waals surface area contributed by atoms with Gasteiger partial charge in [-0.2, -0.15) is 9.78 Å². The number of carbonyl (C=O) groups excluding carboxylic acids is 1. The number of hydrogen-bond donors (Lipinski definition) is 1. The van der Waals surface area contributed by atoms with E-state index in [0.29, 0.717) is 22.3 Å². The molecular weight excluding hydrogens is 489 g/mol. The number of rotatable bonds is 7. The molecule has 0 atom stereocenters. The Bertz CT molecular complexity index is 1300. The zero-order valence-electron chi connectivity index (χ0n) is 16.5. The molecule has 1 aromatic carbocycles. The maximum absolute atomic E-state index is 13.1. The molecule has 0 aliphatic rings. The molecule has 0 fully saturated rings. The Labute approximate surface area is 188 Å². The van der Waals surface area contributed by atoms with Crippen molar-refractivity contribution in [3.05, 3.63) is 85.7 Å². The summed E-state index contributed by atoms with van der Waals surface area (Å²) in [7, 11) is 0. The first-order valence-electron chi connectivity index (χ1n) is 9.22. The minimum absolute atomic E-state index is 0.0145. The monoisotopic (exact) mass is 503 g/mol. The molecule has 0 bridgehead atoms. The van der Waals surface area contributed by atoms with Gasteiger partial charge in [0.05, 0.1) is 40.5 Å². The zero-order valence-corrected chi connectivity index (χ0v) is 18.1. The molecule has 1 amide bonds. The predicted octanol–water partition coefficient (Wildman–Crippen LogP) is 3.53. The van der Waals surface area contributed by atoms with E-state index in [1.807, 2.05) is 0 Å². The van der Waals surface area contributed by atoms with E-state index in [4.69, 9.17) is 4.52 Å². The molecule has 0 radical (unpaired) electrons. The lowest BCUT2D eigenvalue weighted by Gasteiger charge is -2.03. The number of aromatic nitrogens is 5. The van der Waals surface area contributed by atoms with Gasteiger partial charge in [-0.25, -0.2) is 4.39 Å². The first-order chi connectivity index (χ1) is 15.3. The molecule has 3 aromatic heterocycles. The van der Waals surface area contributed by atoms with Gasteiger partial charge in [-0.1, -0.05) is 17.3 Å². The fourth-order valence-corrected chi connectivity index (χ4v) is 3.38. The number of aryl methyl sites for hydroxylation is 1. The Hall–Kier alpha value is -3.87. The average Bonchev–Trinajstić information content (AvgIpc) is 3.45. The SMILES string of the molecule is Cc1onc(C(=O)Nc2nn(Cc3ccc(F)cc3)cc2Br)c1Cn1ccc([N+](=O)[O-])n1. The summed E-state index contributed by atoms with van der Waals surface area (Å²) in [6, 6.07) is 7.27. The van der Waals surface area contributed by atoms with Crippen LogP contribution in [0.3, 0.4) is 0 Å². The first-order valence-corrected chi connectivity index (χ1v) is 10.0. The van der Waals surface area contributed by atoms with Crippen molar-refractivity contribution in [3.63, 3.8) is 0 Å². The molecule has 0 saturated heterocycles. The van der Waals surface area contributed by atoms with E-state index in [0.717, 1.165) is 5.56 Å². The fourth-order valence-electron chi connectivity index (χ4n) is 2.96. The van der Waals surface area contributed by atoms with Gasteiger partial charge in [0, 0.05) is 6.20 Å². The molecule has 1 N–H and O–H groups in total. The number of hydrogen-bond acceptors (Lipinski definition) is 7. The van der Waals surface area contributed by atoms with Gasteiger partial charge in [0.25, 0.3) is 5.91 Å². The van der Waals surface area contributed by atoms with E-state index >= 15 is 0 Å². The van der Waals surface area contributed by atoms with Crippen molar-refractivity contribution in [1.29, 1.82) is 0 Å². The molecule has 13 heteroatoms. The molecule has 0 aliphatic carbocycles. The summed E-state index contributed by atoms with van der Waals surface area (Å²) in [5.41, 5.74) is 1.28. The van der Waals surface area contributed by atoms with E-state index in [1.165, 1.54) is 29.1 Å². The van der Waals surface area contributed by atoms with Crippen LogP contribution in [0.4, 0.5) is 16.0 Å². The van der Waals surface area contributed by atoms with Crippen LogP contribution in [-0.4, -0.2) is 35.5 Å². The number of halogens is 2. The Morgan fingerprint density at radius 3 is 2.66 bits per heavy atom. The van der Waals surface area contributed by atoms with Gasteiger partial charge in [-0.15, -0.1) is 0 Å². The minimum atomic E-state index is -0.607. The molecule has 11 nitrogen and oxygen atoms in total. The third kappa shape index (κ3) is 4.56. The van der Waals surface area contributed by atoms with Crippen LogP contribution >= 0.6 is 15.9 Å². The van der Waals surface area contributed by atoms with E-state index in [1.54, 1.807) is 29.9 Å². The van der Waals surface area contributed by atoms with Crippen LogP contribution in [-0.2, 0) is 13.1 Å². The van der Waals surface area contributed by atoms with E-state index in [2.05, 4.69) is 36.6 Å². The van der Waals surface area contributed by atoms with Crippen molar-refractivity contribution in [2.24, 2.45) is 0 Å². The second kappa shape index (κ2) is 8.70. The van der Waals surface area contributed by atoms with Gasteiger partial charge in [0.2, 0.25) is 0 Å². The second-order valence-electron chi connectivity index (χ2n) is 6.80. The maximum atomic E-state index is 13.1. The van der Waals surface area contributed by atoms with E-state index in [-0.39, 0.29) is 29.7 Å². The number of nitro groups is 1. The predicted molar refractivity (Wildman–Crippen MR) is 113 cm³/mol. The summed E-state index contributed by atoms with van der Waals surface area (Å²) in [6.07, 6.45) is 3.11. The Balaban J connectivity index is 1.50. The highest BCUT2D eigenvalue weighted by Crippen LogP contribution is 2.23. The lowest BCUT2D eigenvalue weighted by molar-refractivity contribution is -0.389. The number of anilines is 1. The largest absolute Gasteiger partial charge is 0.389 e. The van der Waals surface area contributed by atoms with Crippen LogP contribution in [0, 0.1) is 22.9 Å². The minimum Gasteiger partial charge on any atom is -0.361 e. The van der Waals surface area contributed by atoms with Gasteiger partial charge in [-0.3, -0.25) is 9.48 Å². The van der Waals surface area contributed by atoms with Gasteiger partial charge in [-0.05, 0) is 45.5 Å². The highest BCUT2D eigenvalue weighted by Gasteiger charge is 2.23. The maximum Gasteiger partial charge on any atom is 0.389 e.